The maximum atomic E-state index is 12.7. The SMILES string of the molecule is O=C(O)OC1(OC(=O)O)CCN(Cc2ccc(-c3noc(-c4ccc(C(F)(F)F)cc4)n3)cc2)CC1. The molecule has 4 rings (SSSR count). The summed E-state index contributed by atoms with van der Waals surface area (Å²) in [7, 11) is 0. The van der Waals surface area contributed by atoms with E-state index in [2.05, 4.69) is 10.1 Å². The van der Waals surface area contributed by atoms with Crippen LogP contribution < -0.4 is 0 Å². The van der Waals surface area contributed by atoms with Crippen molar-refractivity contribution >= 4 is 12.3 Å². The molecule has 0 unspecified atom stereocenters. The minimum Gasteiger partial charge on any atom is -0.450 e. The van der Waals surface area contributed by atoms with Crippen LogP contribution in [0.5, 0.6) is 0 Å². The van der Waals surface area contributed by atoms with Crippen molar-refractivity contribution in [1.29, 1.82) is 0 Å². The van der Waals surface area contributed by atoms with E-state index in [0.29, 0.717) is 30.8 Å². The Morgan fingerprint density at radius 2 is 1.50 bits per heavy atom. The number of alkyl halides is 3. The molecule has 2 aromatic carbocycles. The van der Waals surface area contributed by atoms with Crippen LogP contribution >= 0.6 is 0 Å². The van der Waals surface area contributed by atoms with Crippen molar-refractivity contribution in [3.05, 3.63) is 59.7 Å². The number of nitrogens with zero attached hydrogens (tertiary/aromatic N) is 3. The molecule has 1 aliphatic rings. The van der Waals surface area contributed by atoms with Gasteiger partial charge in [-0.25, -0.2) is 9.59 Å². The van der Waals surface area contributed by atoms with E-state index in [9.17, 15) is 22.8 Å². The van der Waals surface area contributed by atoms with Crippen molar-refractivity contribution in [2.45, 2.75) is 31.3 Å². The lowest BCUT2D eigenvalue weighted by Gasteiger charge is -2.38. The molecule has 0 atom stereocenters. The second kappa shape index (κ2) is 9.85. The topological polar surface area (TPSA) is 135 Å². The van der Waals surface area contributed by atoms with E-state index >= 15 is 0 Å². The molecular weight excluding hydrogens is 487 g/mol. The van der Waals surface area contributed by atoms with E-state index in [4.69, 9.17) is 24.2 Å². The van der Waals surface area contributed by atoms with Crippen LogP contribution in [0.3, 0.4) is 0 Å². The van der Waals surface area contributed by atoms with Crippen molar-refractivity contribution in [1.82, 2.24) is 15.0 Å². The van der Waals surface area contributed by atoms with Gasteiger partial charge in [-0.15, -0.1) is 0 Å². The van der Waals surface area contributed by atoms with Gasteiger partial charge in [-0.3, -0.25) is 4.90 Å². The quantitative estimate of drug-likeness (QED) is 0.342. The molecule has 1 saturated heterocycles. The highest BCUT2D eigenvalue weighted by molar-refractivity contribution is 5.61. The van der Waals surface area contributed by atoms with Crippen LogP contribution in [0.25, 0.3) is 22.8 Å². The maximum Gasteiger partial charge on any atom is 0.509 e. The van der Waals surface area contributed by atoms with E-state index in [-0.39, 0.29) is 24.6 Å². The van der Waals surface area contributed by atoms with Crippen LogP contribution in [0.1, 0.15) is 24.0 Å². The van der Waals surface area contributed by atoms with Gasteiger partial charge in [0.25, 0.3) is 11.7 Å². The summed E-state index contributed by atoms with van der Waals surface area (Å²) in [4.78, 5) is 28.1. The molecular formula is C23H20F3N3O7. The zero-order valence-electron chi connectivity index (χ0n) is 18.6. The Kier molecular flexibility index (Phi) is 6.84. The highest BCUT2D eigenvalue weighted by atomic mass is 19.4. The number of likely N-dealkylation sites (tertiary alicyclic amines) is 1. The van der Waals surface area contributed by atoms with Crippen molar-refractivity contribution < 1.29 is 47.0 Å². The van der Waals surface area contributed by atoms with Crippen LogP contribution in [0, 0.1) is 0 Å². The van der Waals surface area contributed by atoms with Gasteiger partial charge in [0.05, 0.1) is 5.56 Å². The van der Waals surface area contributed by atoms with Gasteiger partial charge in [0, 0.05) is 43.6 Å². The molecule has 0 aliphatic carbocycles. The number of carbonyl (C=O) groups is 2. The number of ether oxygens (including phenoxy) is 2. The molecule has 2 heterocycles. The van der Waals surface area contributed by atoms with Crippen LogP contribution in [-0.2, 0) is 22.2 Å². The standard InChI is InChI=1S/C23H20F3N3O7/c24-23(25,26)17-7-5-16(6-8-17)19-27-18(28-36-19)15-3-1-14(2-4-15)13-29-11-9-22(10-12-29,34-20(30)31)35-21(32)33/h1-8H,9-13H2,(H,30,31)(H,32,33). The lowest BCUT2D eigenvalue weighted by atomic mass is 10.0. The molecule has 1 fully saturated rings. The number of hydrogen-bond acceptors (Lipinski definition) is 8. The molecule has 3 aromatic rings. The van der Waals surface area contributed by atoms with Gasteiger partial charge in [-0.05, 0) is 29.8 Å². The number of hydrogen-bond donors (Lipinski definition) is 2. The predicted molar refractivity (Wildman–Crippen MR) is 116 cm³/mol. The minimum atomic E-state index is -4.43. The summed E-state index contributed by atoms with van der Waals surface area (Å²) in [5, 5.41) is 21.7. The average Bonchev–Trinajstić information content (AvgIpc) is 3.30. The van der Waals surface area contributed by atoms with Crippen LogP contribution in [0.4, 0.5) is 22.8 Å². The minimum absolute atomic E-state index is 0.0548. The molecule has 190 valence electrons. The third-order valence-corrected chi connectivity index (χ3v) is 5.67. The van der Waals surface area contributed by atoms with Crippen molar-refractivity contribution in [2.24, 2.45) is 0 Å². The Balaban J connectivity index is 1.37. The summed E-state index contributed by atoms with van der Waals surface area (Å²) in [6.45, 7) is 1.22. The first-order valence-corrected chi connectivity index (χ1v) is 10.7. The summed E-state index contributed by atoms with van der Waals surface area (Å²) < 4.78 is 52.9. The molecule has 13 heteroatoms. The predicted octanol–water partition coefficient (Wildman–Crippen LogP) is 5.10. The van der Waals surface area contributed by atoms with E-state index in [0.717, 1.165) is 17.7 Å². The van der Waals surface area contributed by atoms with Gasteiger partial charge in [-0.2, -0.15) is 18.2 Å². The van der Waals surface area contributed by atoms with Gasteiger partial charge < -0.3 is 24.2 Å². The molecule has 0 radical (unpaired) electrons. The molecule has 2 N–H and O–H groups in total. The fourth-order valence-corrected chi connectivity index (χ4v) is 3.87. The molecule has 0 amide bonds. The first kappa shape index (κ1) is 25.0. The maximum absolute atomic E-state index is 12.7. The monoisotopic (exact) mass is 507 g/mol. The first-order chi connectivity index (χ1) is 17.0. The van der Waals surface area contributed by atoms with Crippen LogP contribution in [-0.4, -0.2) is 56.4 Å². The lowest BCUT2D eigenvalue weighted by Crippen LogP contribution is -2.49. The fourth-order valence-electron chi connectivity index (χ4n) is 3.87. The zero-order chi connectivity index (χ0) is 25.9. The number of piperidine rings is 1. The molecule has 10 nitrogen and oxygen atoms in total. The van der Waals surface area contributed by atoms with E-state index < -0.39 is 29.8 Å². The zero-order valence-corrected chi connectivity index (χ0v) is 18.6. The second-order valence-electron chi connectivity index (χ2n) is 8.12. The van der Waals surface area contributed by atoms with Gasteiger partial charge >= 0.3 is 18.5 Å². The summed E-state index contributed by atoms with van der Waals surface area (Å²) in [6.07, 6.45) is -7.54. The van der Waals surface area contributed by atoms with Gasteiger partial charge in [0.2, 0.25) is 5.82 Å². The number of rotatable bonds is 6. The first-order valence-electron chi connectivity index (χ1n) is 10.7. The Morgan fingerprint density at radius 1 is 0.944 bits per heavy atom. The fraction of sp³-hybridized carbons (Fsp3) is 0.304. The smallest absolute Gasteiger partial charge is 0.450 e. The molecule has 1 aliphatic heterocycles. The van der Waals surface area contributed by atoms with Crippen molar-refractivity contribution in [3.8, 4) is 22.8 Å². The Morgan fingerprint density at radius 3 is 2.03 bits per heavy atom. The molecule has 36 heavy (non-hydrogen) atoms. The third kappa shape index (κ3) is 5.92. The Bertz CT molecular complexity index is 1200. The molecule has 0 bridgehead atoms. The number of aromatic nitrogens is 2. The number of benzene rings is 2. The van der Waals surface area contributed by atoms with Gasteiger partial charge in [0.1, 0.15) is 0 Å². The van der Waals surface area contributed by atoms with Gasteiger partial charge in [-0.1, -0.05) is 29.4 Å². The molecule has 0 spiro atoms. The third-order valence-electron chi connectivity index (χ3n) is 5.67. The van der Waals surface area contributed by atoms with Crippen molar-refractivity contribution in [2.75, 3.05) is 13.1 Å². The largest absolute Gasteiger partial charge is 0.509 e. The van der Waals surface area contributed by atoms with Gasteiger partial charge in [0.15, 0.2) is 0 Å². The normalized spacial score (nSPS) is 15.9. The molecule has 0 saturated carbocycles. The van der Waals surface area contributed by atoms with Crippen LogP contribution in [0.15, 0.2) is 53.1 Å². The van der Waals surface area contributed by atoms with E-state index in [1.165, 1.54) is 12.1 Å². The average molecular weight is 507 g/mol. The Labute approximate surface area is 201 Å². The second-order valence-corrected chi connectivity index (χ2v) is 8.12. The summed E-state index contributed by atoms with van der Waals surface area (Å²) in [6, 6.07) is 11.6. The summed E-state index contributed by atoms with van der Waals surface area (Å²) >= 11 is 0. The van der Waals surface area contributed by atoms with Crippen LogP contribution in [0.2, 0.25) is 0 Å². The summed E-state index contributed by atoms with van der Waals surface area (Å²) in [5.41, 5.74) is 1.15. The van der Waals surface area contributed by atoms with Crippen molar-refractivity contribution in [3.63, 3.8) is 0 Å². The summed E-state index contributed by atoms with van der Waals surface area (Å²) in [5.74, 6) is -1.36. The lowest BCUT2D eigenvalue weighted by molar-refractivity contribution is -0.206. The highest BCUT2D eigenvalue weighted by Gasteiger charge is 2.42. The Hall–Kier alpha value is -4.13. The van der Waals surface area contributed by atoms with E-state index in [1.54, 1.807) is 12.1 Å². The number of halogens is 3. The molecule has 1 aromatic heterocycles. The van der Waals surface area contributed by atoms with E-state index in [1.807, 2.05) is 17.0 Å². The number of carboxylic acid groups (broad SMARTS) is 2. The highest BCUT2D eigenvalue weighted by Crippen LogP contribution is 2.32.